The first-order valence-corrected chi connectivity index (χ1v) is 7.29. The minimum absolute atomic E-state index is 0.0973. The lowest BCUT2D eigenvalue weighted by Gasteiger charge is -2.30. The number of rotatable bonds is 7. The van der Waals surface area contributed by atoms with Gasteiger partial charge in [0.2, 0.25) is 5.91 Å². The van der Waals surface area contributed by atoms with E-state index in [1.807, 2.05) is 12.1 Å². The Bertz CT molecular complexity index is 398. The van der Waals surface area contributed by atoms with Crippen molar-refractivity contribution in [3.63, 3.8) is 0 Å². The topological polar surface area (TPSA) is 68.0 Å². The van der Waals surface area contributed by atoms with Crippen LogP contribution >= 0.6 is 0 Å². The molecule has 112 valence electrons. The van der Waals surface area contributed by atoms with Gasteiger partial charge < -0.3 is 11.1 Å². The predicted octanol–water partition coefficient (Wildman–Crippen LogP) is 2.49. The molecule has 0 bridgehead atoms. The van der Waals surface area contributed by atoms with E-state index >= 15 is 0 Å². The maximum Gasteiger partial charge on any atom is 0.220 e. The Balaban J connectivity index is 2.35. The van der Waals surface area contributed by atoms with Crippen LogP contribution in [-0.4, -0.2) is 17.4 Å². The first kappa shape index (κ1) is 16.6. The molecular formula is C16H27N3O. The second-order valence-corrected chi connectivity index (χ2v) is 6.32. The lowest BCUT2D eigenvalue weighted by molar-refractivity contribution is -0.121. The van der Waals surface area contributed by atoms with Gasteiger partial charge >= 0.3 is 0 Å². The van der Waals surface area contributed by atoms with Crippen molar-refractivity contribution >= 4 is 5.91 Å². The summed E-state index contributed by atoms with van der Waals surface area (Å²) < 4.78 is 0. The number of nitrogens with zero attached hydrogens (tertiary/aromatic N) is 1. The monoisotopic (exact) mass is 277 g/mol. The molecular weight excluding hydrogens is 250 g/mol. The summed E-state index contributed by atoms with van der Waals surface area (Å²) in [6.07, 6.45) is 5.92. The summed E-state index contributed by atoms with van der Waals surface area (Å²) in [6, 6.07) is 3.83. The molecule has 0 fully saturated rings. The van der Waals surface area contributed by atoms with Gasteiger partial charge in [-0.3, -0.25) is 9.78 Å². The highest BCUT2D eigenvalue weighted by Crippen LogP contribution is 2.31. The van der Waals surface area contributed by atoms with Crippen molar-refractivity contribution in [1.29, 1.82) is 0 Å². The van der Waals surface area contributed by atoms with E-state index in [2.05, 4.69) is 31.1 Å². The molecule has 1 unspecified atom stereocenters. The van der Waals surface area contributed by atoms with E-state index in [1.165, 1.54) is 0 Å². The van der Waals surface area contributed by atoms with Crippen LogP contribution < -0.4 is 11.1 Å². The molecule has 4 nitrogen and oxygen atoms in total. The van der Waals surface area contributed by atoms with Crippen molar-refractivity contribution in [1.82, 2.24) is 10.3 Å². The molecule has 0 radical (unpaired) electrons. The molecule has 20 heavy (non-hydrogen) atoms. The fraction of sp³-hybridized carbons (Fsp3) is 0.625. The largest absolute Gasteiger partial charge is 0.352 e. The van der Waals surface area contributed by atoms with Crippen molar-refractivity contribution in [3.8, 4) is 0 Å². The van der Waals surface area contributed by atoms with Gasteiger partial charge in [0.1, 0.15) is 0 Å². The maximum atomic E-state index is 11.9. The molecule has 1 heterocycles. The zero-order valence-electron chi connectivity index (χ0n) is 12.9. The van der Waals surface area contributed by atoms with Gasteiger partial charge in [0.25, 0.3) is 0 Å². The second kappa shape index (κ2) is 8.00. The SMILES string of the molecule is CC(C)(C)C(CCN)CCC(=O)NCc1cccnc1. The summed E-state index contributed by atoms with van der Waals surface area (Å²) in [5.41, 5.74) is 6.88. The molecule has 3 N–H and O–H groups in total. The Morgan fingerprint density at radius 2 is 2.15 bits per heavy atom. The molecule has 0 aliphatic heterocycles. The Labute approximate surface area is 122 Å². The third kappa shape index (κ3) is 6.15. The summed E-state index contributed by atoms with van der Waals surface area (Å²) in [5.74, 6) is 0.580. The first-order chi connectivity index (χ1) is 9.43. The average molecular weight is 277 g/mol. The van der Waals surface area contributed by atoms with Crippen LogP contribution in [0.25, 0.3) is 0 Å². The molecule has 0 aliphatic rings. The Kier molecular flexibility index (Phi) is 6.65. The minimum atomic E-state index is 0.0973. The lowest BCUT2D eigenvalue weighted by atomic mass is 9.76. The zero-order chi connectivity index (χ0) is 15.0. The van der Waals surface area contributed by atoms with E-state index in [0.717, 1.165) is 18.4 Å². The van der Waals surface area contributed by atoms with Crippen molar-refractivity contribution in [2.24, 2.45) is 17.1 Å². The molecule has 1 aromatic rings. The highest BCUT2D eigenvalue weighted by atomic mass is 16.1. The average Bonchev–Trinajstić information content (AvgIpc) is 2.41. The van der Waals surface area contributed by atoms with Crippen LogP contribution in [0.3, 0.4) is 0 Å². The van der Waals surface area contributed by atoms with Crippen LogP contribution in [0.2, 0.25) is 0 Å². The van der Waals surface area contributed by atoms with Crippen LogP contribution in [0.5, 0.6) is 0 Å². The highest BCUT2D eigenvalue weighted by molar-refractivity contribution is 5.75. The van der Waals surface area contributed by atoms with Gasteiger partial charge in [-0.25, -0.2) is 0 Å². The zero-order valence-corrected chi connectivity index (χ0v) is 12.9. The number of hydrogen-bond donors (Lipinski definition) is 2. The third-order valence-electron chi connectivity index (χ3n) is 3.67. The molecule has 4 heteroatoms. The number of aromatic nitrogens is 1. The van der Waals surface area contributed by atoms with Crippen LogP contribution in [0.4, 0.5) is 0 Å². The van der Waals surface area contributed by atoms with Gasteiger partial charge in [-0.2, -0.15) is 0 Å². The summed E-state index contributed by atoms with van der Waals surface area (Å²) in [4.78, 5) is 15.9. The Morgan fingerprint density at radius 1 is 1.40 bits per heavy atom. The quantitative estimate of drug-likeness (QED) is 0.804. The van der Waals surface area contributed by atoms with Crippen LogP contribution in [0, 0.1) is 11.3 Å². The fourth-order valence-electron chi connectivity index (χ4n) is 2.31. The van der Waals surface area contributed by atoms with E-state index < -0.39 is 0 Å². The van der Waals surface area contributed by atoms with Crippen LogP contribution in [0.1, 0.15) is 45.6 Å². The van der Waals surface area contributed by atoms with Gasteiger partial charge in [0, 0.05) is 25.4 Å². The number of amides is 1. The Morgan fingerprint density at radius 3 is 2.70 bits per heavy atom. The first-order valence-electron chi connectivity index (χ1n) is 7.29. The standard InChI is InChI=1S/C16H27N3O/c1-16(2,3)14(8-9-17)6-7-15(20)19-12-13-5-4-10-18-11-13/h4-5,10-11,14H,6-9,12,17H2,1-3H3,(H,19,20). The lowest BCUT2D eigenvalue weighted by Crippen LogP contribution is -2.27. The summed E-state index contributed by atoms with van der Waals surface area (Å²) in [5, 5.41) is 2.94. The van der Waals surface area contributed by atoms with Gasteiger partial charge in [-0.1, -0.05) is 26.8 Å². The van der Waals surface area contributed by atoms with Gasteiger partial charge in [-0.15, -0.1) is 0 Å². The molecule has 0 aromatic carbocycles. The van der Waals surface area contributed by atoms with Crippen LogP contribution in [0.15, 0.2) is 24.5 Å². The normalized spacial score (nSPS) is 13.0. The molecule has 1 amide bonds. The van der Waals surface area contributed by atoms with E-state index in [0.29, 0.717) is 25.4 Å². The number of nitrogens with two attached hydrogens (primary N) is 1. The van der Waals surface area contributed by atoms with E-state index in [-0.39, 0.29) is 11.3 Å². The number of hydrogen-bond acceptors (Lipinski definition) is 3. The van der Waals surface area contributed by atoms with Crippen LogP contribution in [-0.2, 0) is 11.3 Å². The van der Waals surface area contributed by atoms with Crippen molar-refractivity contribution in [2.75, 3.05) is 6.54 Å². The smallest absolute Gasteiger partial charge is 0.220 e. The van der Waals surface area contributed by atoms with Crippen molar-refractivity contribution in [3.05, 3.63) is 30.1 Å². The minimum Gasteiger partial charge on any atom is -0.352 e. The molecule has 1 aromatic heterocycles. The summed E-state index contributed by atoms with van der Waals surface area (Å²) in [7, 11) is 0. The van der Waals surface area contributed by atoms with Crippen molar-refractivity contribution in [2.45, 2.75) is 46.6 Å². The molecule has 0 saturated carbocycles. The summed E-state index contributed by atoms with van der Waals surface area (Å²) in [6.45, 7) is 7.85. The number of carbonyl (C=O) groups excluding carboxylic acids is 1. The maximum absolute atomic E-state index is 11.9. The van der Waals surface area contributed by atoms with Gasteiger partial charge in [0.05, 0.1) is 0 Å². The van der Waals surface area contributed by atoms with Crippen molar-refractivity contribution < 1.29 is 4.79 Å². The number of pyridine rings is 1. The molecule has 1 atom stereocenters. The third-order valence-corrected chi connectivity index (χ3v) is 3.67. The fourth-order valence-corrected chi connectivity index (χ4v) is 2.31. The van der Waals surface area contributed by atoms with E-state index in [9.17, 15) is 4.79 Å². The molecule has 0 saturated heterocycles. The molecule has 0 spiro atoms. The number of carbonyl (C=O) groups is 1. The molecule has 1 rings (SSSR count). The predicted molar refractivity (Wildman–Crippen MR) is 81.9 cm³/mol. The Hall–Kier alpha value is -1.42. The second-order valence-electron chi connectivity index (χ2n) is 6.32. The number of nitrogens with one attached hydrogen (secondary N) is 1. The van der Waals surface area contributed by atoms with E-state index in [4.69, 9.17) is 5.73 Å². The van der Waals surface area contributed by atoms with Gasteiger partial charge in [0.15, 0.2) is 0 Å². The van der Waals surface area contributed by atoms with Gasteiger partial charge in [-0.05, 0) is 42.3 Å². The van der Waals surface area contributed by atoms with E-state index in [1.54, 1.807) is 12.4 Å². The summed E-state index contributed by atoms with van der Waals surface area (Å²) >= 11 is 0. The molecule has 0 aliphatic carbocycles. The highest BCUT2D eigenvalue weighted by Gasteiger charge is 2.24.